The van der Waals surface area contributed by atoms with E-state index in [0.29, 0.717) is 10.8 Å². The van der Waals surface area contributed by atoms with Crippen molar-refractivity contribution in [3.8, 4) is 11.4 Å². The predicted octanol–water partition coefficient (Wildman–Crippen LogP) is 4.61. The highest BCUT2D eigenvalue weighted by molar-refractivity contribution is 6.30. The van der Waals surface area contributed by atoms with Gasteiger partial charge in [0, 0.05) is 23.0 Å². The van der Waals surface area contributed by atoms with E-state index in [9.17, 15) is 0 Å². The fourth-order valence-electron chi connectivity index (χ4n) is 2.39. The average molecular weight is 298 g/mol. The van der Waals surface area contributed by atoms with E-state index >= 15 is 0 Å². The van der Waals surface area contributed by atoms with E-state index in [1.54, 1.807) is 0 Å². The third-order valence-corrected chi connectivity index (χ3v) is 3.76. The van der Waals surface area contributed by atoms with Gasteiger partial charge in [-0.25, -0.2) is 9.97 Å². The molecule has 106 valence electrons. The maximum Gasteiger partial charge on any atom is 0.162 e. The van der Waals surface area contributed by atoms with Gasteiger partial charge in [-0.3, -0.25) is 0 Å². The molecule has 0 bridgehead atoms. The Hall–Kier alpha value is -2.13. The lowest BCUT2D eigenvalue weighted by molar-refractivity contribution is 1.20. The van der Waals surface area contributed by atoms with Crippen molar-refractivity contribution in [1.29, 1.82) is 0 Å². The van der Waals surface area contributed by atoms with Crippen LogP contribution < -0.4 is 5.32 Å². The summed E-state index contributed by atoms with van der Waals surface area (Å²) in [6.07, 6.45) is 0. The number of anilines is 1. The number of hydrogen-bond acceptors (Lipinski definition) is 3. The number of aryl methyl sites for hydroxylation is 2. The molecule has 3 aromatic rings. The lowest BCUT2D eigenvalue weighted by Crippen LogP contribution is -2.00. The standard InChI is InChI=1S/C17H16ClN3/c1-10-4-7-15-14(8-10)16(19-3)21-17(20-15)13-9-12(18)6-5-11(13)2/h4-9H,1-3H3,(H,19,20,21). The minimum Gasteiger partial charge on any atom is -0.373 e. The van der Waals surface area contributed by atoms with Crippen molar-refractivity contribution in [2.45, 2.75) is 13.8 Å². The monoisotopic (exact) mass is 297 g/mol. The van der Waals surface area contributed by atoms with Gasteiger partial charge in [0.05, 0.1) is 5.52 Å². The highest BCUT2D eigenvalue weighted by Gasteiger charge is 2.11. The first-order chi connectivity index (χ1) is 10.1. The largest absolute Gasteiger partial charge is 0.373 e. The fourth-order valence-corrected chi connectivity index (χ4v) is 2.56. The van der Waals surface area contributed by atoms with Gasteiger partial charge in [-0.2, -0.15) is 0 Å². The van der Waals surface area contributed by atoms with Gasteiger partial charge in [0.2, 0.25) is 0 Å². The van der Waals surface area contributed by atoms with E-state index in [2.05, 4.69) is 34.3 Å². The minimum atomic E-state index is 0.689. The smallest absolute Gasteiger partial charge is 0.162 e. The first-order valence-electron chi connectivity index (χ1n) is 6.81. The van der Waals surface area contributed by atoms with Crippen LogP contribution in [-0.2, 0) is 0 Å². The molecular formula is C17H16ClN3. The van der Waals surface area contributed by atoms with Crippen LogP contribution in [0.15, 0.2) is 36.4 Å². The topological polar surface area (TPSA) is 37.8 Å². The number of fused-ring (bicyclic) bond motifs is 1. The molecule has 0 aliphatic carbocycles. The Morgan fingerprint density at radius 3 is 2.57 bits per heavy atom. The summed E-state index contributed by atoms with van der Waals surface area (Å²) in [5, 5.41) is 4.88. The predicted molar refractivity (Wildman–Crippen MR) is 89.0 cm³/mol. The third kappa shape index (κ3) is 2.57. The molecule has 0 aliphatic heterocycles. The first-order valence-corrected chi connectivity index (χ1v) is 7.19. The van der Waals surface area contributed by atoms with Crippen molar-refractivity contribution in [3.63, 3.8) is 0 Å². The fraction of sp³-hybridized carbons (Fsp3) is 0.176. The van der Waals surface area contributed by atoms with Crippen molar-refractivity contribution >= 4 is 28.3 Å². The van der Waals surface area contributed by atoms with Crippen LogP contribution in [0.1, 0.15) is 11.1 Å². The second-order valence-electron chi connectivity index (χ2n) is 5.13. The van der Waals surface area contributed by atoms with Crippen LogP contribution in [0.25, 0.3) is 22.3 Å². The summed E-state index contributed by atoms with van der Waals surface area (Å²) in [4.78, 5) is 9.34. The van der Waals surface area contributed by atoms with E-state index in [0.717, 1.165) is 27.8 Å². The molecule has 0 radical (unpaired) electrons. The van der Waals surface area contributed by atoms with Crippen LogP contribution >= 0.6 is 11.6 Å². The van der Waals surface area contributed by atoms with E-state index in [1.807, 2.05) is 38.2 Å². The summed E-state index contributed by atoms with van der Waals surface area (Å²) in [5.74, 6) is 1.52. The van der Waals surface area contributed by atoms with Gasteiger partial charge in [-0.05, 0) is 43.7 Å². The van der Waals surface area contributed by atoms with Crippen molar-refractivity contribution < 1.29 is 0 Å². The molecule has 0 saturated carbocycles. The summed E-state index contributed by atoms with van der Waals surface area (Å²) < 4.78 is 0. The molecular weight excluding hydrogens is 282 g/mol. The molecule has 1 N–H and O–H groups in total. The Labute approximate surface area is 129 Å². The van der Waals surface area contributed by atoms with E-state index in [1.165, 1.54) is 5.56 Å². The third-order valence-electron chi connectivity index (χ3n) is 3.53. The maximum atomic E-state index is 6.11. The van der Waals surface area contributed by atoms with Gasteiger partial charge in [0.15, 0.2) is 5.82 Å². The van der Waals surface area contributed by atoms with Crippen LogP contribution in [0, 0.1) is 13.8 Å². The molecule has 1 aromatic heterocycles. The zero-order valence-corrected chi connectivity index (χ0v) is 13.0. The Morgan fingerprint density at radius 1 is 1.00 bits per heavy atom. The van der Waals surface area contributed by atoms with E-state index in [4.69, 9.17) is 11.6 Å². The number of rotatable bonds is 2. The molecule has 4 heteroatoms. The molecule has 0 saturated heterocycles. The molecule has 3 rings (SSSR count). The van der Waals surface area contributed by atoms with E-state index in [-0.39, 0.29) is 0 Å². The van der Waals surface area contributed by atoms with Gasteiger partial charge in [-0.15, -0.1) is 0 Å². The second-order valence-corrected chi connectivity index (χ2v) is 5.56. The number of nitrogens with one attached hydrogen (secondary N) is 1. The summed E-state index contributed by atoms with van der Waals surface area (Å²) in [6, 6.07) is 11.9. The molecule has 0 unspecified atom stereocenters. The van der Waals surface area contributed by atoms with E-state index < -0.39 is 0 Å². The molecule has 0 spiro atoms. The molecule has 0 fully saturated rings. The summed E-state index contributed by atoms with van der Waals surface area (Å²) in [5.41, 5.74) is 4.18. The van der Waals surface area contributed by atoms with Crippen LogP contribution in [0.3, 0.4) is 0 Å². The van der Waals surface area contributed by atoms with Crippen molar-refractivity contribution in [2.24, 2.45) is 0 Å². The Kier molecular flexibility index (Phi) is 3.52. The maximum absolute atomic E-state index is 6.11. The number of benzene rings is 2. The SMILES string of the molecule is CNc1nc(-c2cc(Cl)ccc2C)nc2ccc(C)cc12. The Balaban J connectivity index is 2.29. The van der Waals surface area contributed by atoms with Gasteiger partial charge in [0.1, 0.15) is 5.82 Å². The van der Waals surface area contributed by atoms with Gasteiger partial charge in [0.25, 0.3) is 0 Å². The minimum absolute atomic E-state index is 0.689. The summed E-state index contributed by atoms with van der Waals surface area (Å²) in [7, 11) is 1.87. The van der Waals surface area contributed by atoms with Gasteiger partial charge < -0.3 is 5.32 Å². The molecule has 1 heterocycles. The lowest BCUT2D eigenvalue weighted by Gasteiger charge is -2.10. The van der Waals surface area contributed by atoms with Crippen LogP contribution in [0.2, 0.25) is 5.02 Å². The molecule has 0 atom stereocenters. The Bertz CT molecular complexity index is 828. The van der Waals surface area contributed by atoms with Crippen molar-refractivity contribution in [1.82, 2.24) is 9.97 Å². The van der Waals surface area contributed by atoms with Crippen molar-refractivity contribution in [2.75, 3.05) is 12.4 Å². The highest BCUT2D eigenvalue weighted by atomic mass is 35.5. The number of halogens is 1. The average Bonchev–Trinajstić information content (AvgIpc) is 2.48. The van der Waals surface area contributed by atoms with Crippen LogP contribution in [-0.4, -0.2) is 17.0 Å². The zero-order valence-electron chi connectivity index (χ0n) is 12.2. The number of nitrogens with zero attached hydrogens (tertiary/aromatic N) is 2. The van der Waals surface area contributed by atoms with Gasteiger partial charge >= 0.3 is 0 Å². The molecule has 21 heavy (non-hydrogen) atoms. The number of aromatic nitrogens is 2. The normalized spacial score (nSPS) is 10.9. The van der Waals surface area contributed by atoms with Crippen molar-refractivity contribution in [3.05, 3.63) is 52.5 Å². The quantitative estimate of drug-likeness (QED) is 0.750. The highest BCUT2D eigenvalue weighted by Crippen LogP contribution is 2.28. The summed E-state index contributed by atoms with van der Waals surface area (Å²) in [6.45, 7) is 4.10. The Morgan fingerprint density at radius 2 is 1.81 bits per heavy atom. The lowest BCUT2D eigenvalue weighted by atomic mass is 10.1. The van der Waals surface area contributed by atoms with Gasteiger partial charge in [-0.1, -0.05) is 29.3 Å². The zero-order chi connectivity index (χ0) is 15.0. The molecule has 2 aromatic carbocycles. The first kappa shape index (κ1) is 13.8. The molecule has 0 amide bonds. The molecule has 0 aliphatic rings. The summed E-state index contributed by atoms with van der Waals surface area (Å²) >= 11 is 6.11. The van der Waals surface area contributed by atoms with Crippen LogP contribution in [0.5, 0.6) is 0 Å². The second kappa shape index (κ2) is 5.34. The van der Waals surface area contributed by atoms with Crippen LogP contribution in [0.4, 0.5) is 5.82 Å². The number of hydrogen-bond donors (Lipinski definition) is 1. The molecule has 3 nitrogen and oxygen atoms in total.